The van der Waals surface area contributed by atoms with E-state index in [-0.39, 0.29) is 11.2 Å². The maximum atomic E-state index is 12.0. The second-order valence-electron chi connectivity index (χ2n) is 4.64. The molecule has 0 aliphatic heterocycles. The number of hydrogen-bond acceptors (Lipinski definition) is 2. The van der Waals surface area contributed by atoms with Crippen molar-refractivity contribution in [3.8, 4) is 0 Å². The Balaban J connectivity index is 3.45. The molecule has 0 aliphatic rings. The third kappa shape index (κ3) is 2.37. The van der Waals surface area contributed by atoms with E-state index in [2.05, 4.69) is 0 Å². The van der Waals surface area contributed by atoms with E-state index >= 15 is 0 Å². The molecule has 0 bridgehead atoms. The lowest BCUT2D eigenvalue weighted by Gasteiger charge is -2.21. The molecular weight excluding hydrogens is 192 g/mol. The minimum absolute atomic E-state index is 0.225. The Kier molecular flexibility index (Phi) is 3.17. The van der Waals surface area contributed by atoms with Gasteiger partial charge in [0.1, 0.15) is 0 Å². The van der Waals surface area contributed by atoms with Crippen molar-refractivity contribution >= 4 is 0 Å². The minimum atomic E-state index is -0.467. The molecule has 1 aromatic heterocycles. The van der Waals surface area contributed by atoms with E-state index in [9.17, 15) is 9.59 Å². The van der Waals surface area contributed by atoms with Crippen LogP contribution in [0.4, 0.5) is 0 Å². The predicted octanol–water partition coefficient (Wildman–Crippen LogP) is 1.18. The Bertz CT molecular complexity index is 449. The van der Waals surface area contributed by atoms with Gasteiger partial charge in [-0.3, -0.25) is 9.36 Å². The molecule has 0 radical (unpaired) electrons. The van der Waals surface area contributed by atoms with Crippen LogP contribution in [0.1, 0.15) is 34.1 Å². The van der Waals surface area contributed by atoms with E-state index in [1.807, 2.05) is 27.7 Å². The number of aryl methyl sites for hydroxylation is 1. The molecule has 0 aromatic carbocycles. The maximum absolute atomic E-state index is 12.0. The van der Waals surface area contributed by atoms with Crippen LogP contribution in [0.2, 0.25) is 0 Å². The summed E-state index contributed by atoms with van der Waals surface area (Å²) in [6.45, 7) is 8.21. The van der Waals surface area contributed by atoms with E-state index in [1.165, 1.54) is 10.6 Å². The molecular formula is C11H18N2O2. The second kappa shape index (κ2) is 4.04. The smallest absolute Gasteiger partial charge is 0.300 e. The van der Waals surface area contributed by atoms with Crippen molar-refractivity contribution in [3.05, 3.63) is 33.1 Å². The van der Waals surface area contributed by atoms with Crippen LogP contribution in [-0.2, 0) is 12.1 Å². The average Bonchev–Trinajstić information content (AvgIpc) is 2.08. The fourth-order valence-electron chi connectivity index (χ4n) is 1.54. The topological polar surface area (TPSA) is 44.0 Å². The highest BCUT2D eigenvalue weighted by Gasteiger charge is 2.18. The molecule has 84 valence electrons. The van der Waals surface area contributed by atoms with Gasteiger partial charge in [-0.2, -0.15) is 0 Å². The van der Waals surface area contributed by atoms with Crippen LogP contribution in [-0.4, -0.2) is 9.13 Å². The fourth-order valence-corrected chi connectivity index (χ4v) is 1.54. The molecule has 4 nitrogen and oxygen atoms in total. The van der Waals surface area contributed by atoms with Gasteiger partial charge in [0.25, 0.3) is 5.56 Å². The first kappa shape index (κ1) is 11.8. The number of aromatic nitrogens is 2. The minimum Gasteiger partial charge on any atom is -0.300 e. The van der Waals surface area contributed by atoms with Crippen LogP contribution in [0, 0.1) is 0 Å². The standard InChI is InChI=1S/C11H18N2O2/c1-5-7-12-8-6-9(14)13(10(12)15)11(2,3)4/h6,8H,5,7H2,1-4H3. The molecule has 1 heterocycles. The normalized spacial score (nSPS) is 11.7. The zero-order valence-corrected chi connectivity index (χ0v) is 9.78. The largest absolute Gasteiger partial charge is 0.331 e. The van der Waals surface area contributed by atoms with Gasteiger partial charge in [-0.1, -0.05) is 6.92 Å². The Hall–Kier alpha value is -1.32. The van der Waals surface area contributed by atoms with Crippen LogP contribution in [0.25, 0.3) is 0 Å². The lowest BCUT2D eigenvalue weighted by Crippen LogP contribution is -2.47. The summed E-state index contributed by atoms with van der Waals surface area (Å²) in [4.78, 5) is 23.5. The van der Waals surface area contributed by atoms with Crippen molar-refractivity contribution in [3.63, 3.8) is 0 Å². The number of hydrogen-bond donors (Lipinski definition) is 0. The Labute approximate surface area is 89.2 Å². The van der Waals surface area contributed by atoms with Crippen molar-refractivity contribution in [2.75, 3.05) is 0 Å². The van der Waals surface area contributed by atoms with Gasteiger partial charge in [-0.15, -0.1) is 0 Å². The monoisotopic (exact) mass is 210 g/mol. The summed E-state index contributed by atoms with van der Waals surface area (Å²) in [6.07, 6.45) is 2.44. The van der Waals surface area contributed by atoms with Crippen molar-refractivity contribution in [1.82, 2.24) is 9.13 Å². The van der Waals surface area contributed by atoms with Gasteiger partial charge in [-0.25, -0.2) is 4.79 Å². The molecule has 0 saturated heterocycles. The van der Waals surface area contributed by atoms with Crippen molar-refractivity contribution in [2.45, 2.75) is 46.2 Å². The summed E-state index contributed by atoms with van der Waals surface area (Å²) in [6, 6.07) is 1.45. The van der Waals surface area contributed by atoms with Crippen LogP contribution < -0.4 is 11.2 Å². The highest BCUT2D eigenvalue weighted by molar-refractivity contribution is 4.90. The van der Waals surface area contributed by atoms with Crippen molar-refractivity contribution < 1.29 is 0 Å². The van der Waals surface area contributed by atoms with Crippen molar-refractivity contribution in [1.29, 1.82) is 0 Å². The summed E-state index contributed by atoms with van der Waals surface area (Å²) in [5.74, 6) is 0. The van der Waals surface area contributed by atoms with Gasteiger partial charge in [0.15, 0.2) is 0 Å². The highest BCUT2D eigenvalue weighted by atomic mass is 16.2. The SMILES string of the molecule is CCCn1ccc(=O)n(C(C)(C)C)c1=O. The molecule has 0 fully saturated rings. The lowest BCUT2D eigenvalue weighted by molar-refractivity contribution is 0.352. The van der Waals surface area contributed by atoms with E-state index in [1.54, 1.807) is 10.8 Å². The van der Waals surface area contributed by atoms with Gasteiger partial charge in [0.05, 0.1) is 0 Å². The molecule has 15 heavy (non-hydrogen) atoms. The first-order valence-corrected chi connectivity index (χ1v) is 5.21. The van der Waals surface area contributed by atoms with Gasteiger partial charge in [0, 0.05) is 24.3 Å². The van der Waals surface area contributed by atoms with Gasteiger partial charge in [-0.05, 0) is 27.2 Å². The first-order chi connectivity index (χ1) is 6.88. The van der Waals surface area contributed by atoms with E-state index in [4.69, 9.17) is 0 Å². The molecule has 0 spiro atoms. The molecule has 0 saturated carbocycles. The third-order valence-electron chi connectivity index (χ3n) is 2.19. The van der Waals surface area contributed by atoms with Crippen LogP contribution in [0.15, 0.2) is 21.9 Å². The van der Waals surface area contributed by atoms with E-state index < -0.39 is 5.54 Å². The summed E-state index contributed by atoms with van der Waals surface area (Å²) in [5.41, 5.74) is -0.929. The zero-order valence-electron chi connectivity index (χ0n) is 9.78. The van der Waals surface area contributed by atoms with Crippen LogP contribution in [0.3, 0.4) is 0 Å². The fraction of sp³-hybridized carbons (Fsp3) is 0.636. The van der Waals surface area contributed by atoms with Crippen LogP contribution in [0.5, 0.6) is 0 Å². The summed E-state index contributed by atoms with van der Waals surface area (Å²) in [5, 5.41) is 0. The molecule has 0 unspecified atom stereocenters. The molecule has 0 atom stereocenters. The van der Waals surface area contributed by atoms with Gasteiger partial charge in [0.2, 0.25) is 0 Å². The van der Waals surface area contributed by atoms with Gasteiger partial charge >= 0.3 is 5.69 Å². The average molecular weight is 210 g/mol. The molecule has 1 rings (SSSR count). The molecule has 0 aliphatic carbocycles. The lowest BCUT2D eigenvalue weighted by atomic mass is 10.1. The van der Waals surface area contributed by atoms with E-state index in [0.717, 1.165) is 6.42 Å². The highest BCUT2D eigenvalue weighted by Crippen LogP contribution is 2.06. The van der Waals surface area contributed by atoms with Crippen LogP contribution >= 0.6 is 0 Å². The Morgan fingerprint density at radius 3 is 2.33 bits per heavy atom. The summed E-state index contributed by atoms with van der Waals surface area (Å²) < 4.78 is 2.87. The Morgan fingerprint density at radius 2 is 1.87 bits per heavy atom. The third-order valence-corrected chi connectivity index (χ3v) is 2.19. The summed E-state index contributed by atoms with van der Waals surface area (Å²) >= 11 is 0. The predicted molar refractivity (Wildman–Crippen MR) is 60.2 cm³/mol. The zero-order chi connectivity index (χ0) is 11.6. The first-order valence-electron chi connectivity index (χ1n) is 5.21. The maximum Gasteiger partial charge on any atom is 0.331 e. The number of rotatable bonds is 2. The molecule has 0 N–H and O–H groups in total. The summed E-state index contributed by atoms with van der Waals surface area (Å²) in [7, 11) is 0. The Morgan fingerprint density at radius 1 is 1.27 bits per heavy atom. The number of nitrogens with zero attached hydrogens (tertiary/aromatic N) is 2. The van der Waals surface area contributed by atoms with E-state index in [0.29, 0.717) is 6.54 Å². The second-order valence-corrected chi connectivity index (χ2v) is 4.64. The quantitative estimate of drug-likeness (QED) is 0.735. The molecule has 4 heteroatoms. The van der Waals surface area contributed by atoms with Gasteiger partial charge < -0.3 is 4.57 Å². The molecule has 1 aromatic rings. The van der Waals surface area contributed by atoms with Crippen molar-refractivity contribution in [2.24, 2.45) is 0 Å². The molecule has 0 amide bonds.